The van der Waals surface area contributed by atoms with Crippen LogP contribution in [0.1, 0.15) is 11.1 Å². The topological polar surface area (TPSA) is 49.9 Å². The predicted molar refractivity (Wildman–Crippen MR) is 45.0 cm³/mol. The second kappa shape index (κ2) is 4.00. The van der Waals surface area contributed by atoms with Crippen LogP contribution in [0.15, 0.2) is 17.1 Å². The summed E-state index contributed by atoms with van der Waals surface area (Å²) in [4.78, 5) is 22.7. The van der Waals surface area contributed by atoms with E-state index in [1.54, 1.807) is 0 Å². The third-order valence-corrected chi connectivity index (χ3v) is 1.50. The number of hydrogen-bond acceptors (Lipinski definition) is 2. The Hall–Kier alpha value is -2.03. The zero-order chi connectivity index (χ0) is 11.5. The van der Waals surface area contributed by atoms with Crippen LogP contribution in [-0.4, -0.2) is 11.3 Å². The van der Waals surface area contributed by atoms with Gasteiger partial charge in [-0.3, -0.25) is 9.59 Å². The van der Waals surface area contributed by atoms with Crippen LogP contribution in [0, 0.1) is 11.8 Å². The smallest absolute Gasteiger partial charge is 0.327 e. The van der Waals surface area contributed by atoms with Crippen LogP contribution < -0.4 is 5.56 Å². The highest BCUT2D eigenvalue weighted by atomic mass is 19.4. The summed E-state index contributed by atoms with van der Waals surface area (Å²) >= 11 is 0. The number of alkyl halides is 3. The number of H-pyrrole nitrogens is 1. The number of aromatic amines is 1. The molecule has 0 saturated carbocycles. The summed E-state index contributed by atoms with van der Waals surface area (Å²) in [6.07, 6.45) is -3.81. The van der Waals surface area contributed by atoms with E-state index in [2.05, 4.69) is 0 Å². The molecule has 0 amide bonds. The van der Waals surface area contributed by atoms with Crippen molar-refractivity contribution in [1.82, 2.24) is 4.98 Å². The molecule has 0 unspecified atom stereocenters. The zero-order valence-electron chi connectivity index (χ0n) is 7.18. The minimum Gasteiger partial charge on any atom is -0.327 e. The minimum atomic E-state index is -4.55. The van der Waals surface area contributed by atoms with Crippen LogP contribution in [0.25, 0.3) is 0 Å². The number of aromatic nitrogens is 1. The van der Waals surface area contributed by atoms with Gasteiger partial charge in [0.05, 0.1) is 11.1 Å². The van der Waals surface area contributed by atoms with E-state index < -0.39 is 22.9 Å². The maximum atomic E-state index is 12.2. The largest absolute Gasteiger partial charge is 0.417 e. The summed E-state index contributed by atoms with van der Waals surface area (Å²) in [5.41, 5.74) is -2.17. The van der Waals surface area contributed by atoms with E-state index in [0.29, 0.717) is 12.3 Å². The Labute approximate surface area is 81.9 Å². The van der Waals surface area contributed by atoms with Crippen LogP contribution >= 0.6 is 0 Å². The number of aldehydes is 1. The Morgan fingerprint density at radius 3 is 2.60 bits per heavy atom. The van der Waals surface area contributed by atoms with Crippen LogP contribution in [0.4, 0.5) is 13.2 Å². The van der Waals surface area contributed by atoms with Crippen molar-refractivity contribution < 1.29 is 18.0 Å². The van der Waals surface area contributed by atoms with Crippen molar-refractivity contribution in [2.75, 3.05) is 0 Å². The van der Waals surface area contributed by atoms with Gasteiger partial charge in [-0.1, -0.05) is 5.92 Å². The SMILES string of the molecule is O=CC#Cc1cc(C(F)(F)F)c[nH]c1=O. The van der Waals surface area contributed by atoms with Crippen molar-refractivity contribution in [3.8, 4) is 11.8 Å². The molecule has 0 aromatic carbocycles. The summed E-state index contributed by atoms with van der Waals surface area (Å²) in [6, 6.07) is 0.593. The molecule has 1 rings (SSSR count). The molecule has 1 aromatic rings. The number of carbonyl (C=O) groups is 1. The Morgan fingerprint density at radius 2 is 2.07 bits per heavy atom. The molecule has 0 saturated heterocycles. The number of rotatable bonds is 0. The molecule has 1 aromatic heterocycles. The molecule has 0 aliphatic rings. The van der Waals surface area contributed by atoms with Crippen molar-refractivity contribution in [2.45, 2.75) is 6.18 Å². The second-order valence-electron chi connectivity index (χ2n) is 2.52. The first-order chi connectivity index (χ1) is 6.95. The Bertz CT molecular complexity index is 491. The van der Waals surface area contributed by atoms with Crippen molar-refractivity contribution in [2.24, 2.45) is 0 Å². The third-order valence-electron chi connectivity index (χ3n) is 1.50. The average Bonchev–Trinajstić information content (AvgIpc) is 2.15. The third kappa shape index (κ3) is 2.71. The highest BCUT2D eigenvalue weighted by Gasteiger charge is 2.31. The van der Waals surface area contributed by atoms with Crippen LogP contribution in [0.2, 0.25) is 0 Å². The lowest BCUT2D eigenvalue weighted by Crippen LogP contribution is -2.14. The molecule has 0 aliphatic carbocycles. The summed E-state index contributed by atoms with van der Waals surface area (Å²) < 4.78 is 36.5. The fraction of sp³-hybridized carbons (Fsp3) is 0.111. The van der Waals surface area contributed by atoms with E-state index in [1.807, 2.05) is 16.8 Å². The normalized spacial score (nSPS) is 10.3. The summed E-state index contributed by atoms with van der Waals surface area (Å²) in [5.74, 6) is 3.88. The quantitative estimate of drug-likeness (QED) is 0.517. The Balaban J connectivity index is 3.29. The Morgan fingerprint density at radius 1 is 1.40 bits per heavy atom. The molecule has 0 radical (unpaired) electrons. The van der Waals surface area contributed by atoms with Crippen molar-refractivity contribution in [3.63, 3.8) is 0 Å². The van der Waals surface area contributed by atoms with Gasteiger partial charge >= 0.3 is 6.18 Å². The first-order valence-corrected chi connectivity index (χ1v) is 3.70. The van der Waals surface area contributed by atoms with Crippen LogP contribution in [0.5, 0.6) is 0 Å². The van der Waals surface area contributed by atoms with Crippen molar-refractivity contribution in [3.05, 3.63) is 33.7 Å². The van der Waals surface area contributed by atoms with E-state index in [0.717, 1.165) is 0 Å². The van der Waals surface area contributed by atoms with Gasteiger partial charge in [-0.15, -0.1) is 0 Å². The van der Waals surface area contributed by atoms with Crippen LogP contribution in [-0.2, 0) is 11.0 Å². The van der Waals surface area contributed by atoms with E-state index in [-0.39, 0.29) is 6.29 Å². The minimum absolute atomic E-state index is 0.194. The lowest BCUT2D eigenvalue weighted by atomic mass is 10.2. The van der Waals surface area contributed by atoms with E-state index in [4.69, 9.17) is 0 Å². The monoisotopic (exact) mass is 215 g/mol. The fourth-order valence-electron chi connectivity index (χ4n) is 0.847. The van der Waals surface area contributed by atoms with Gasteiger partial charge < -0.3 is 4.98 Å². The molecule has 0 atom stereocenters. The number of carbonyl (C=O) groups excluding carboxylic acids is 1. The van der Waals surface area contributed by atoms with Crippen molar-refractivity contribution in [1.29, 1.82) is 0 Å². The summed E-state index contributed by atoms with van der Waals surface area (Å²) in [7, 11) is 0. The van der Waals surface area contributed by atoms with Gasteiger partial charge in [0.25, 0.3) is 5.56 Å². The maximum absolute atomic E-state index is 12.2. The first kappa shape index (κ1) is 11.0. The van der Waals surface area contributed by atoms with Gasteiger partial charge in [0.2, 0.25) is 0 Å². The van der Waals surface area contributed by atoms with Gasteiger partial charge in [-0.2, -0.15) is 13.2 Å². The molecule has 1 N–H and O–H groups in total. The molecule has 0 fully saturated rings. The molecule has 6 heteroatoms. The molecule has 0 bridgehead atoms. The number of nitrogens with one attached hydrogen (secondary N) is 1. The predicted octanol–water partition coefficient (Wildman–Crippen LogP) is 0.944. The molecule has 0 aliphatic heterocycles. The van der Waals surface area contributed by atoms with Crippen LogP contribution in [0.3, 0.4) is 0 Å². The van der Waals surface area contributed by atoms with Gasteiger partial charge in [-0.25, -0.2) is 0 Å². The molecule has 1 heterocycles. The Kier molecular flexibility index (Phi) is 2.95. The second-order valence-corrected chi connectivity index (χ2v) is 2.52. The maximum Gasteiger partial charge on any atom is 0.417 e. The summed E-state index contributed by atoms with van der Waals surface area (Å²) in [5, 5.41) is 0. The highest BCUT2D eigenvalue weighted by molar-refractivity contribution is 5.73. The molecule has 15 heavy (non-hydrogen) atoms. The molecular formula is C9H4F3NO2. The number of halogens is 3. The van der Waals surface area contributed by atoms with E-state index in [1.165, 1.54) is 0 Å². The molecular weight excluding hydrogens is 211 g/mol. The summed E-state index contributed by atoms with van der Waals surface area (Å²) in [6.45, 7) is 0. The molecule has 0 spiro atoms. The first-order valence-electron chi connectivity index (χ1n) is 3.70. The molecule has 78 valence electrons. The highest BCUT2D eigenvalue weighted by Crippen LogP contribution is 2.28. The fourth-order valence-corrected chi connectivity index (χ4v) is 0.847. The van der Waals surface area contributed by atoms with Gasteiger partial charge in [0.15, 0.2) is 6.29 Å². The van der Waals surface area contributed by atoms with E-state index >= 15 is 0 Å². The number of pyridine rings is 1. The lowest BCUT2D eigenvalue weighted by Gasteiger charge is -2.05. The number of hydrogen-bond donors (Lipinski definition) is 1. The van der Waals surface area contributed by atoms with Gasteiger partial charge in [-0.05, 0) is 12.0 Å². The van der Waals surface area contributed by atoms with E-state index in [9.17, 15) is 22.8 Å². The van der Waals surface area contributed by atoms with Gasteiger partial charge in [0, 0.05) is 6.20 Å². The molecule has 3 nitrogen and oxygen atoms in total. The van der Waals surface area contributed by atoms with Gasteiger partial charge in [0.1, 0.15) is 0 Å². The standard InChI is InChI=1S/C9H4F3NO2/c10-9(11,12)7-4-6(2-1-3-14)8(15)13-5-7/h3-5H,(H,13,15). The zero-order valence-corrected chi connectivity index (χ0v) is 7.18. The lowest BCUT2D eigenvalue weighted by molar-refractivity contribution is -0.137. The average molecular weight is 215 g/mol. The van der Waals surface area contributed by atoms with Crippen molar-refractivity contribution >= 4 is 6.29 Å².